The fourth-order valence-electron chi connectivity index (χ4n) is 3.66. The van der Waals surface area contributed by atoms with Crippen LogP contribution in [-0.2, 0) is 0 Å². The largest absolute Gasteiger partial charge is 0.349 e. The monoisotopic (exact) mass is 326 g/mol. The molecule has 0 aromatic carbocycles. The fourth-order valence-corrected chi connectivity index (χ4v) is 3.66. The molecule has 2 heterocycles. The first-order valence-corrected chi connectivity index (χ1v) is 8.70. The summed E-state index contributed by atoms with van der Waals surface area (Å²) in [5.41, 5.74) is 0.819. The van der Waals surface area contributed by atoms with E-state index in [-0.39, 0.29) is 17.4 Å². The van der Waals surface area contributed by atoms with Gasteiger partial charge < -0.3 is 5.32 Å². The van der Waals surface area contributed by atoms with Gasteiger partial charge in [0.15, 0.2) is 0 Å². The Morgan fingerprint density at radius 3 is 2.67 bits per heavy atom. The Balaban J connectivity index is 1.70. The second-order valence-electron chi connectivity index (χ2n) is 7.71. The highest BCUT2D eigenvalue weighted by atomic mass is 16.1. The van der Waals surface area contributed by atoms with E-state index in [2.05, 4.69) is 36.1 Å². The molecule has 5 heteroatoms. The van der Waals surface area contributed by atoms with E-state index in [9.17, 15) is 4.79 Å². The summed E-state index contributed by atoms with van der Waals surface area (Å²) < 4.78 is 1.82. The molecule has 1 N–H and O–H groups in total. The van der Waals surface area contributed by atoms with Crippen LogP contribution < -0.4 is 5.32 Å². The molecule has 24 heavy (non-hydrogen) atoms. The second kappa shape index (κ2) is 6.75. The maximum Gasteiger partial charge on any atom is 0.253 e. The molecule has 1 saturated carbocycles. The van der Waals surface area contributed by atoms with Crippen molar-refractivity contribution in [3.63, 3.8) is 0 Å². The predicted molar refractivity (Wildman–Crippen MR) is 94.0 cm³/mol. The van der Waals surface area contributed by atoms with E-state index >= 15 is 0 Å². The quantitative estimate of drug-likeness (QED) is 0.937. The second-order valence-corrected chi connectivity index (χ2v) is 7.71. The van der Waals surface area contributed by atoms with Gasteiger partial charge in [0.25, 0.3) is 5.91 Å². The minimum atomic E-state index is -0.0270. The Labute approximate surface area is 143 Å². The highest BCUT2D eigenvalue weighted by molar-refractivity contribution is 5.94. The van der Waals surface area contributed by atoms with Gasteiger partial charge in [-0.15, -0.1) is 0 Å². The summed E-state index contributed by atoms with van der Waals surface area (Å²) in [4.78, 5) is 21.0. The number of nitrogens with zero attached hydrogens (tertiary/aromatic N) is 3. The van der Waals surface area contributed by atoms with Crippen LogP contribution in [0.2, 0.25) is 0 Å². The molecule has 0 unspecified atom stereocenters. The maximum absolute atomic E-state index is 12.6. The Hall–Kier alpha value is -2.17. The summed E-state index contributed by atoms with van der Waals surface area (Å²) in [7, 11) is 0. The van der Waals surface area contributed by atoms with Crippen LogP contribution in [0.1, 0.15) is 56.8 Å². The zero-order valence-corrected chi connectivity index (χ0v) is 14.7. The molecule has 1 aliphatic rings. The van der Waals surface area contributed by atoms with E-state index in [1.165, 1.54) is 19.3 Å². The van der Waals surface area contributed by atoms with Crippen molar-refractivity contribution in [1.82, 2.24) is 19.9 Å². The van der Waals surface area contributed by atoms with Gasteiger partial charge >= 0.3 is 0 Å². The number of imidazole rings is 1. The van der Waals surface area contributed by atoms with E-state index in [1.54, 1.807) is 18.7 Å². The van der Waals surface area contributed by atoms with Crippen molar-refractivity contribution >= 4 is 5.91 Å². The molecule has 1 aliphatic carbocycles. The van der Waals surface area contributed by atoms with E-state index in [0.717, 1.165) is 12.2 Å². The Bertz CT molecular complexity index is 670. The van der Waals surface area contributed by atoms with Crippen molar-refractivity contribution in [3.8, 4) is 5.82 Å². The smallest absolute Gasteiger partial charge is 0.253 e. The van der Waals surface area contributed by atoms with Crippen LogP contribution in [0.25, 0.3) is 5.82 Å². The van der Waals surface area contributed by atoms with Gasteiger partial charge in [-0.2, -0.15) is 0 Å². The lowest BCUT2D eigenvalue weighted by Gasteiger charge is -2.40. The predicted octanol–water partition coefficient (Wildman–Crippen LogP) is 3.60. The van der Waals surface area contributed by atoms with Crippen LogP contribution in [0.4, 0.5) is 0 Å². The zero-order valence-electron chi connectivity index (χ0n) is 14.7. The summed E-state index contributed by atoms with van der Waals surface area (Å²) in [5, 5.41) is 3.25. The molecule has 128 valence electrons. The number of hydrogen-bond acceptors (Lipinski definition) is 3. The van der Waals surface area contributed by atoms with Crippen molar-refractivity contribution in [2.24, 2.45) is 11.3 Å². The summed E-state index contributed by atoms with van der Waals surface area (Å²) in [6.45, 7) is 6.80. The third-order valence-corrected chi connectivity index (χ3v) is 4.97. The first kappa shape index (κ1) is 16.7. The SMILES string of the molecule is CC(C)(C)[C@H]1CCCC[C@H]1NC(=O)c1ccc(-n2ccnc2)nc1. The van der Waals surface area contributed by atoms with Crippen LogP contribution in [0.3, 0.4) is 0 Å². The van der Waals surface area contributed by atoms with Crippen molar-refractivity contribution in [2.75, 3.05) is 0 Å². The first-order valence-electron chi connectivity index (χ1n) is 8.70. The van der Waals surface area contributed by atoms with Crippen molar-refractivity contribution < 1.29 is 4.79 Å². The highest BCUT2D eigenvalue weighted by Gasteiger charge is 2.35. The molecule has 5 nitrogen and oxygen atoms in total. The van der Waals surface area contributed by atoms with Crippen LogP contribution in [0, 0.1) is 11.3 Å². The molecule has 0 aliphatic heterocycles. The van der Waals surface area contributed by atoms with E-state index in [4.69, 9.17) is 0 Å². The maximum atomic E-state index is 12.6. The topological polar surface area (TPSA) is 59.8 Å². The van der Waals surface area contributed by atoms with E-state index < -0.39 is 0 Å². The molecule has 0 spiro atoms. The lowest BCUT2D eigenvalue weighted by molar-refractivity contribution is 0.0829. The van der Waals surface area contributed by atoms with E-state index in [1.807, 2.05) is 22.9 Å². The average molecular weight is 326 g/mol. The number of nitrogens with one attached hydrogen (secondary N) is 1. The van der Waals surface area contributed by atoms with Gasteiger partial charge in [0.2, 0.25) is 0 Å². The number of carbonyl (C=O) groups excluding carboxylic acids is 1. The van der Waals surface area contributed by atoms with Gasteiger partial charge in [-0.3, -0.25) is 9.36 Å². The number of rotatable bonds is 3. The Morgan fingerprint density at radius 2 is 2.04 bits per heavy atom. The number of amides is 1. The van der Waals surface area contributed by atoms with E-state index in [0.29, 0.717) is 11.5 Å². The number of hydrogen-bond donors (Lipinski definition) is 1. The summed E-state index contributed by atoms with van der Waals surface area (Å²) in [6, 6.07) is 3.92. The number of aromatic nitrogens is 3. The van der Waals surface area contributed by atoms with Crippen LogP contribution in [-0.4, -0.2) is 26.5 Å². The van der Waals surface area contributed by atoms with Crippen molar-refractivity contribution in [2.45, 2.75) is 52.5 Å². The lowest BCUT2D eigenvalue weighted by atomic mass is 9.69. The molecular formula is C19H26N4O. The number of carbonyl (C=O) groups is 1. The van der Waals surface area contributed by atoms with Crippen LogP contribution in [0.15, 0.2) is 37.1 Å². The van der Waals surface area contributed by atoms with Gasteiger partial charge in [-0.05, 0) is 36.3 Å². The third-order valence-electron chi connectivity index (χ3n) is 4.97. The molecule has 0 radical (unpaired) electrons. The lowest BCUT2D eigenvalue weighted by Crippen LogP contribution is -2.46. The molecule has 3 rings (SSSR count). The van der Waals surface area contributed by atoms with Crippen molar-refractivity contribution in [1.29, 1.82) is 0 Å². The molecule has 0 saturated heterocycles. The minimum Gasteiger partial charge on any atom is -0.349 e. The van der Waals surface area contributed by atoms with Crippen molar-refractivity contribution in [3.05, 3.63) is 42.6 Å². The third kappa shape index (κ3) is 3.66. The first-order chi connectivity index (χ1) is 11.4. The van der Waals surface area contributed by atoms with Gasteiger partial charge in [0.05, 0.1) is 5.56 Å². The molecular weight excluding hydrogens is 300 g/mol. The molecule has 0 bridgehead atoms. The standard InChI is InChI=1S/C19H26N4O/c1-19(2,3)15-6-4-5-7-16(15)22-18(24)14-8-9-17(21-12-14)23-11-10-20-13-23/h8-13,15-16H,4-7H2,1-3H3,(H,22,24)/t15-,16+/m0/s1. The molecule has 2 aromatic rings. The number of pyridine rings is 1. The molecule has 1 fully saturated rings. The zero-order chi connectivity index (χ0) is 17.2. The molecule has 1 amide bonds. The highest BCUT2D eigenvalue weighted by Crippen LogP contribution is 2.38. The van der Waals surface area contributed by atoms with Crippen LogP contribution in [0.5, 0.6) is 0 Å². The van der Waals surface area contributed by atoms with Crippen LogP contribution >= 0.6 is 0 Å². The minimum absolute atomic E-state index is 0.0270. The van der Waals surface area contributed by atoms with Gasteiger partial charge in [-0.1, -0.05) is 33.6 Å². The van der Waals surface area contributed by atoms with Gasteiger partial charge in [0.1, 0.15) is 12.1 Å². The summed E-state index contributed by atoms with van der Waals surface area (Å²) in [6.07, 6.45) is 11.6. The van der Waals surface area contributed by atoms with Gasteiger partial charge in [-0.25, -0.2) is 9.97 Å². The molecule has 2 aromatic heterocycles. The Kier molecular flexibility index (Phi) is 4.69. The van der Waals surface area contributed by atoms with Gasteiger partial charge in [0, 0.05) is 24.6 Å². The normalized spacial score (nSPS) is 21.5. The summed E-state index contributed by atoms with van der Waals surface area (Å²) in [5.74, 6) is 1.25. The fraction of sp³-hybridized carbons (Fsp3) is 0.526. The summed E-state index contributed by atoms with van der Waals surface area (Å²) >= 11 is 0. The average Bonchev–Trinajstić information content (AvgIpc) is 3.09. The molecule has 2 atom stereocenters. The Morgan fingerprint density at radius 1 is 1.25 bits per heavy atom.